The number of carbonyl (C=O) groups is 1. The molecule has 0 saturated heterocycles. The molecule has 0 fully saturated rings. The lowest BCUT2D eigenvalue weighted by Crippen LogP contribution is -2.29. The van der Waals surface area contributed by atoms with E-state index in [-0.39, 0.29) is 18.4 Å². The molecule has 4 rings (SSSR count). The Morgan fingerprint density at radius 2 is 1.93 bits per heavy atom. The van der Waals surface area contributed by atoms with E-state index < -0.39 is 0 Å². The molecule has 1 atom stereocenters. The first kappa shape index (κ1) is 19.1. The largest absolute Gasteiger partial charge is 0.493 e. The number of nitrogens with one attached hydrogen (secondary N) is 1. The van der Waals surface area contributed by atoms with Crippen molar-refractivity contribution in [2.45, 2.75) is 12.5 Å². The monoisotopic (exact) mass is 414 g/mol. The van der Waals surface area contributed by atoms with Crippen LogP contribution in [0.4, 0.5) is 5.95 Å². The molecular formula is C20H19ClN4O4. The third kappa shape index (κ3) is 4.27. The normalized spacial score (nSPS) is 15.4. The Morgan fingerprint density at radius 3 is 2.72 bits per heavy atom. The van der Waals surface area contributed by atoms with Crippen LogP contribution in [0.25, 0.3) is 0 Å². The maximum Gasteiger partial charge on any atom is 0.229 e. The van der Waals surface area contributed by atoms with Gasteiger partial charge in [-0.2, -0.15) is 10.1 Å². The topological polar surface area (TPSA) is 87.5 Å². The van der Waals surface area contributed by atoms with Crippen LogP contribution in [0.1, 0.15) is 18.0 Å². The minimum absolute atomic E-state index is 0.103. The second-order valence-corrected chi connectivity index (χ2v) is 6.79. The summed E-state index contributed by atoms with van der Waals surface area (Å²) in [6, 6.07) is 12.5. The number of fused-ring (bicyclic) bond motifs is 1. The highest BCUT2D eigenvalue weighted by molar-refractivity contribution is 6.30. The van der Waals surface area contributed by atoms with Gasteiger partial charge >= 0.3 is 0 Å². The van der Waals surface area contributed by atoms with E-state index in [0.29, 0.717) is 35.7 Å². The highest BCUT2D eigenvalue weighted by Gasteiger charge is 2.28. The quantitative estimate of drug-likeness (QED) is 0.597. The summed E-state index contributed by atoms with van der Waals surface area (Å²) in [6.07, 6.45) is 1.69. The second kappa shape index (κ2) is 8.40. The van der Waals surface area contributed by atoms with Crippen LogP contribution in [0.2, 0.25) is 5.02 Å². The molecule has 0 saturated carbocycles. The lowest BCUT2D eigenvalue weighted by molar-refractivity contribution is -0.117. The van der Waals surface area contributed by atoms with Gasteiger partial charge in [-0.1, -0.05) is 17.7 Å². The Kier molecular flexibility index (Phi) is 5.53. The summed E-state index contributed by atoms with van der Waals surface area (Å²) in [7, 11) is 1.57. The van der Waals surface area contributed by atoms with Gasteiger partial charge in [0.1, 0.15) is 25.3 Å². The number of carbonyl (C=O) groups excluding carboxylic acids is 1. The fraction of sp³-hybridized carbons (Fsp3) is 0.250. The Hall–Kier alpha value is -3.26. The number of rotatable bonds is 7. The molecule has 1 amide bonds. The molecule has 1 N–H and O–H groups in total. The third-order valence-corrected chi connectivity index (χ3v) is 4.75. The van der Waals surface area contributed by atoms with Gasteiger partial charge in [-0.15, -0.1) is 0 Å². The summed E-state index contributed by atoms with van der Waals surface area (Å²) in [5.74, 6) is 2.22. The predicted octanol–water partition coefficient (Wildman–Crippen LogP) is 3.33. The summed E-state index contributed by atoms with van der Waals surface area (Å²) in [6.45, 7) is 0.717. The van der Waals surface area contributed by atoms with Crippen molar-refractivity contribution in [2.24, 2.45) is 0 Å². The van der Waals surface area contributed by atoms with Crippen LogP contribution in [0.5, 0.6) is 17.2 Å². The molecular weight excluding hydrogens is 396 g/mol. The number of aromatic nitrogens is 3. The maximum atomic E-state index is 12.0. The van der Waals surface area contributed by atoms with Crippen LogP contribution in [0.3, 0.4) is 0 Å². The zero-order valence-electron chi connectivity index (χ0n) is 15.7. The van der Waals surface area contributed by atoms with Gasteiger partial charge in [0.05, 0.1) is 19.6 Å². The number of hydrogen-bond acceptors (Lipinski definition) is 6. The van der Waals surface area contributed by atoms with Gasteiger partial charge in [-0.3, -0.25) is 10.1 Å². The van der Waals surface area contributed by atoms with Gasteiger partial charge in [0.25, 0.3) is 0 Å². The number of anilines is 1. The SMILES string of the molecule is COc1cc([C@@H]2CC(=O)Nc3ncnn32)ccc1OCCOc1ccc(Cl)cc1. The highest BCUT2D eigenvalue weighted by atomic mass is 35.5. The lowest BCUT2D eigenvalue weighted by Gasteiger charge is -2.24. The van der Waals surface area contributed by atoms with Crippen LogP contribution in [-0.4, -0.2) is 41.0 Å². The first-order valence-electron chi connectivity index (χ1n) is 9.02. The van der Waals surface area contributed by atoms with Crippen LogP contribution < -0.4 is 19.5 Å². The predicted molar refractivity (Wildman–Crippen MR) is 107 cm³/mol. The smallest absolute Gasteiger partial charge is 0.229 e. The van der Waals surface area contributed by atoms with Crippen molar-refractivity contribution in [2.75, 3.05) is 25.6 Å². The number of methoxy groups -OCH3 is 1. The van der Waals surface area contributed by atoms with Crippen molar-refractivity contribution in [3.8, 4) is 17.2 Å². The van der Waals surface area contributed by atoms with E-state index in [1.807, 2.05) is 18.2 Å². The zero-order valence-corrected chi connectivity index (χ0v) is 16.4. The minimum Gasteiger partial charge on any atom is -0.493 e. The van der Waals surface area contributed by atoms with Gasteiger partial charge in [0, 0.05) is 5.02 Å². The fourth-order valence-electron chi connectivity index (χ4n) is 3.12. The van der Waals surface area contributed by atoms with Crippen LogP contribution >= 0.6 is 11.6 Å². The summed E-state index contributed by atoms with van der Waals surface area (Å²) in [5.41, 5.74) is 0.883. The van der Waals surface area contributed by atoms with Crippen LogP contribution in [0, 0.1) is 0 Å². The molecule has 1 aliphatic heterocycles. The van der Waals surface area contributed by atoms with Gasteiger partial charge in [0.15, 0.2) is 11.5 Å². The molecule has 0 aliphatic carbocycles. The number of halogens is 1. The van der Waals surface area contributed by atoms with Crippen molar-refractivity contribution >= 4 is 23.5 Å². The molecule has 0 spiro atoms. The lowest BCUT2D eigenvalue weighted by atomic mass is 10.0. The standard InChI is InChI=1S/C20H19ClN4O4/c1-27-18-10-13(16-11-19(26)24-20-22-12-23-25(16)20)2-7-17(18)29-9-8-28-15-5-3-14(21)4-6-15/h2-7,10,12,16H,8-9,11H2,1H3,(H,22,23,24,26)/t16-/m0/s1. The molecule has 2 heterocycles. The molecule has 29 heavy (non-hydrogen) atoms. The third-order valence-electron chi connectivity index (χ3n) is 4.49. The molecule has 0 radical (unpaired) electrons. The number of hydrogen-bond donors (Lipinski definition) is 1. The molecule has 2 aromatic carbocycles. The van der Waals surface area contributed by atoms with Crippen LogP contribution in [0.15, 0.2) is 48.8 Å². The maximum absolute atomic E-state index is 12.0. The van der Waals surface area contributed by atoms with Crippen molar-refractivity contribution in [1.29, 1.82) is 0 Å². The van der Waals surface area contributed by atoms with Crippen molar-refractivity contribution < 1.29 is 19.0 Å². The molecule has 1 aromatic heterocycles. The van der Waals surface area contributed by atoms with E-state index in [9.17, 15) is 4.79 Å². The summed E-state index contributed by atoms with van der Waals surface area (Å²) < 4.78 is 18.6. The van der Waals surface area contributed by atoms with Gasteiger partial charge in [-0.05, 0) is 42.0 Å². The van der Waals surface area contributed by atoms with Crippen molar-refractivity contribution in [3.63, 3.8) is 0 Å². The average Bonchev–Trinajstić information content (AvgIpc) is 3.20. The molecule has 8 nitrogen and oxygen atoms in total. The molecule has 9 heteroatoms. The Labute approximate surface area is 172 Å². The number of benzene rings is 2. The number of amides is 1. The molecule has 0 bridgehead atoms. The molecule has 0 unspecified atom stereocenters. The average molecular weight is 415 g/mol. The second-order valence-electron chi connectivity index (χ2n) is 6.36. The van der Waals surface area contributed by atoms with E-state index in [0.717, 1.165) is 11.3 Å². The zero-order chi connectivity index (χ0) is 20.2. The first-order valence-corrected chi connectivity index (χ1v) is 9.40. The highest BCUT2D eigenvalue weighted by Crippen LogP contribution is 2.34. The van der Waals surface area contributed by atoms with Crippen LogP contribution in [-0.2, 0) is 4.79 Å². The van der Waals surface area contributed by atoms with Gasteiger partial charge in [-0.25, -0.2) is 4.68 Å². The van der Waals surface area contributed by atoms with E-state index >= 15 is 0 Å². The Balaban J connectivity index is 1.42. The molecule has 150 valence electrons. The number of nitrogens with zero attached hydrogens (tertiary/aromatic N) is 3. The fourth-order valence-corrected chi connectivity index (χ4v) is 3.24. The van der Waals surface area contributed by atoms with Crippen molar-refractivity contribution in [3.05, 3.63) is 59.4 Å². The van der Waals surface area contributed by atoms with Crippen molar-refractivity contribution in [1.82, 2.24) is 14.8 Å². The molecule has 3 aromatic rings. The molecule has 1 aliphatic rings. The summed E-state index contributed by atoms with van der Waals surface area (Å²) in [5, 5.41) is 7.58. The van der Waals surface area contributed by atoms with E-state index in [1.165, 1.54) is 6.33 Å². The number of ether oxygens (including phenoxy) is 3. The van der Waals surface area contributed by atoms with E-state index in [1.54, 1.807) is 36.1 Å². The van der Waals surface area contributed by atoms with Gasteiger partial charge in [0.2, 0.25) is 11.9 Å². The minimum atomic E-state index is -0.252. The Morgan fingerprint density at radius 1 is 1.14 bits per heavy atom. The Bertz CT molecular complexity index is 1010. The van der Waals surface area contributed by atoms with E-state index in [4.69, 9.17) is 25.8 Å². The summed E-state index contributed by atoms with van der Waals surface area (Å²) >= 11 is 5.86. The summed E-state index contributed by atoms with van der Waals surface area (Å²) in [4.78, 5) is 16.0. The first-order chi connectivity index (χ1) is 14.1. The van der Waals surface area contributed by atoms with Gasteiger partial charge < -0.3 is 14.2 Å². The van der Waals surface area contributed by atoms with E-state index in [2.05, 4.69) is 15.4 Å².